The molecule has 64 valence electrons. The number of rotatable bonds is 5. The SMILES string of the molecule is [C-]#[N+]COC(OCC)C(C)C. The van der Waals surface area contributed by atoms with Crippen LogP contribution in [0.5, 0.6) is 0 Å². The lowest BCUT2D eigenvalue weighted by molar-refractivity contribution is -0.156. The van der Waals surface area contributed by atoms with E-state index in [1.807, 2.05) is 20.8 Å². The summed E-state index contributed by atoms with van der Waals surface area (Å²) < 4.78 is 10.4. The molecule has 0 spiro atoms. The Morgan fingerprint density at radius 2 is 2.00 bits per heavy atom. The van der Waals surface area contributed by atoms with E-state index in [0.29, 0.717) is 12.5 Å². The van der Waals surface area contributed by atoms with Crippen LogP contribution in [0.1, 0.15) is 20.8 Å². The van der Waals surface area contributed by atoms with Crippen molar-refractivity contribution >= 4 is 0 Å². The van der Waals surface area contributed by atoms with Gasteiger partial charge < -0.3 is 4.74 Å². The van der Waals surface area contributed by atoms with Gasteiger partial charge in [0.25, 0.3) is 0 Å². The molecule has 3 heteroatoms. The Morgan fingerprint density at radius 1 is 1.36 bits per heavy atom. The lowest BCUT2D eigenvalue weighted by Gasteiger charge is -2.17. The van der Waals surface area contributed by atoms with Crippen LogP contribution in [0.15, 0.2) is 0 Å². The predicted molar refractivity (Wildman–Crippen MR) is 42.8 cm³/mol. The van der Waals surface area contributed by atoms with Crippen molar-refractivity contribution in [2.24, 2.45) is 5.92 Å². The fourth-order valence-corrected chi connectivity index (χ4v) is 0.708. The lowest BCUT2D eigenvalue weighted by atomic mass is 10.2. The lowest BCUT2D eigenvalue weighted by Crippen LogP contribution is -2.23. The van der Waals surface area contributed by atoms with E-state index >= 15 is 0 Å². The zero-order valence-electron chi connectivity index (χ0n) is 7.33. The van der Waals surface area contributed by atoms with Crippen LogP contribution in [0, 0.1) is 12.5 Å². The summed E-state index contributed by atoms with van der Waals surface area (Å²) in [5.74, 6) is 0.302. The summed E-state index contributed by atoms with van der Waals surface area (Å²) in [7, 11) is 0. The van der Waals surface area contributed by atoms with Gasteiger partial charge in [0, 0.05) is 12.5 Å². The molecule has 0 heterocycles. The van der Waals surface area contributed by atoms with Gasteiger partial charge in [0.2, 0.25) is 0 Å². The fourth-order valence-electron chi connectivity index (χ4n) is 0.708. The minimum absolute atomic E-state index is 0.0862. The Balaban J connectivity index is 3.62. The van der Waals surface area contributed by atoms with Gasteiger partial charge in [-0.15, -0.1) is 0 Å². The zero-order chi connectivity index (χ0) is 8.69. The van der Waals surface area contributed by atoms with E-state index in [0.717, 1.165) is 0 Å². The number of ether oxygens (including phenoxy) is 2. The van der Waals surface area contributed by atoms with Crippen molar-refractivity contribution in [3.63, 3.8) is 0 Å². The molecule has 0 aromatic carbocycles. The van der Waals surface area contributed by atoms with Gasteiger partial charge in [-0.05, 0) is 6.92 Å². The molecule has 0 aliphatic carbocycles. The first-order chi connectivity index (χ1) is 5.22. The summed E-state index contributed by atoms with van der Waals surface area (Å²) in [6.45, 7) is 13.1. The monoisotopic (exact) mass is 157 g/mol. The Kier molecular flexibility index (Phi) is 5.81. The molecule has 0 saturated heterocycles. The highest BCUT2D eigenvalue weighted by Crippen LogP contribution is 2.07. The van der Waals surface area contributed by atoms with Crippen molar-refractivity contribution in [2.45, 2.75) is 27.1 Å². The fraction of sp³-hybridized carbons (Fsp3) is 0.875. The van der Waals surface area contributed by atoms with E-state index in [-0.39, 0.29) is 13.0 Å². The first-order valence-corrected chi connectivity index (χ1v) is 3.78. The molecular formula is C8H15NO2. The minimum Gasteiger partial charge on any atom is -0.352 e. The third-order valence-electron chi connectivity index (χ3n) is 1.18. The highest BCUT2D eigenvalue weighted by Gasteiger charge is 2.13. The number of hydrogen-bond donors (Lipinski definition) is 0. The second-order valence-electron chi connectivity index (χ2n) is 2.52. The van der Waals surface area contributed by atoms with Crippen LogP contribution in [0.25, 0.3) is 4.85 Å². The maximum absolute atomic E-state index is 6.51. The van der Waals surface area contributed by atoms with Crippen molar-refractivity contribution < 1.29 is 9.47 Å². The third-order valence-corrected chi connectivity index (χ3v) is 1.18. The Labute approximate surface area is 68.1 Å². The summed E-state index contributed by atoms with van der Waals surface area (Å²) in [6.07, 6.45) is -0.228. The van der Waals surface area contributed by atoms with Crippen LogP contribution in [-0.4, -0.2) is 19.6 Å². The predicted octanol–water partition coefficient (Wildman–Crippen LogP) is 1.90. The highest BCUT2D eigenvalue weighted by atomic mass is 16.7. The molecule has 0 N–H and O–H groups in total. The van der Waals surface area contributed by atoms with Crippen molar-refractivity contribution in [3.8, 4) is 0 Å². The molecule has 1 atom stereocenters. The molecule has 0 rings (SSSR count). The molecule has 0 aliphatic heterocycles. The Hall–Kier alpha value is -0.590. The summed E-state index contributed by atoms with van der Waals surface area (Å²) in [5, 5.41) is 0. The molecule has 1 unspecified atom stereocenters. The minimum atomic E-state index is -0.228. The normalized spacial score (nSPS) is 13.0. The molecule has 0 aromatic rings. The molecule has 3 nitrogen and oxygen atoms in total. The third kappa shape index (κ3) is 4.77. The van der Waals surface area contributed by atoms with Gasteiger partial charge in [0.15, 0.2) is 6.29 Å². The standard InChI is InChI=1S/C8H15NO2/c1-5-10-8(7(2)3)11-6-9-4/h7-8H,5-6H2,1-3H3. The van der Waals surface area contributed by atoms with Crippen molar-refractivity contribution in [1.82, 2.24) is 0 Å². The zero-order valence-corrected chi connectivity index (χ0v) is 7.33. The van der Waals surface area contributed by atoms with Gasteiger partial charge in [-0.1, -0.05) is 13.8 Å². The van der Waals surface area contributed by atoms with Crippen LogP contribution in [0.3, 0.4) is 0 Å². The second-order valence-corrected chi connectivity index (χ2v) is 2.52. The quantitative estimate of drug-likeness (QED) is 0.449. The number of nitrogens with zero attached hydrogens (tertiary/aromatic N) is 1. The summed E-state index contributed by atoms with van der Waals surface area (Å²) >= 11 is 0. The Bertz CT molecular complexity index is 129. The van der Waals surface area contributed by atoms with Gasteiger partial charge in [-0.25, -0.2) is 6.57 Å². The van der Waals surface area contributed by atoms with E-state index < -0.39 is 0 Å². The van der Waals surface area contributed by atoms with E-state index in [2.05, 4.69) is 4.85 Å². The van der Waals surface area contributed by atoms with E-state index in [4.69, 9.17) is 16.0 Å². The van der Waals surface area contributed by atoms with Gasteiger partial charge >= 0.3 is 6.73 Å². The molecule has 0 bridgehead atoms. The van der Waals surface area contributed by atoms with Crippen molar-refractivity contribution in [3.05, 3.63) is 11.4 Å². The van der Waals surface area contributed by atoms with Gasteiger partial charge in [-0.3, -0.25) is 9.58 Å². The first kappa shape index (κ1) is 10.4. The average Bonchev–Trinajstić information content (AvgIpc) is 1.97. The van der Waals surface area contributed by atoms with Crippen LogP contribution in [0.2, 0.25) is 0 Å². The maximum Gasteiger partial charge on any atom is 0.320 e. The van der Waals surface area contributed by atoms with E-state index in [1.54, 1.807) is 0 Å². The van der Waals surface area contributed by atoms with Crippen LogP contribution in [0.4, 0.5) is 0 Å². The molecule has 0 saturated carbocycles. The second kappa shape index (κ2) is 6.14. The summed E-state index contributed by atoms with van der Waals surface area (Å²) in [4.78, 5) is 3.09. The average molecular weight is 157 g/mol. The van der Waals surface area contributed by atoms with Crippen LogP contribution >= 0.6 is 0 Å². The molecule has 0 aliphatic rings. The maximum atomic E-state index is 6.51. The van der Waals surface area contributed by atoms with Crippen molar-refractivity contribution in [2.75, 3.05) is 13.3 Å². The smallest absolute Gasteiger partial charge is 0.320 e. The largest absolute Gasteiger partial charge is 0.352 e. The molecule has 0 fully saturated rings. The van der Waals surface area contributed by atoms with Crippen LogP contribution in [-0.2, 0) is 9.47 Å². The van der Waals surface area contributed by atoms with Gasteiger partial charge in [0.1, 0.15) is 0 Å². The van der Waals surface area contributed by atoms with Crippen LogP contribution < -0.4 is 0 Å². The van der Waals surface area contributed by atoms with Gasteiger partial charge in [-0.2, -0.15) is 0 Å². The topological polar surface area (TPSA) is 22.8 Å². The molecule has 0 radical (unpaired) electrons. The molecule has 0 aromatic heterocycles. The first-order valence-electron chi connectivity index (χ1n) is 3.78. The molecule has 0 amide bonds. The molecule has 11 heavy (non-hydrogen) atoms. The number of hydrogen-bond acceptors (Lipinski definition) is 2. The molecular weight excluding hydrogens is 142 g/mol. The van der Waals surface area contributed by atoms with E-state index in [1.165, 1.54) is 0 Å². The summed E-state index contributed by atoms with van der Waals surface area (Å²) in [6, 6.07) is 0. The van der Waals surface area contributed by atoms with E-state index in [9.17, 15) is 0 Å². The van der Waals surface area contributed by atoms with Crippen molar-refractivity contribution in [1.29, 1.82) is 0 Å². The highest BCUT2D eigenvalue weighted by molar-refractivity contribution is 4.53. The van der Waals surface area contributed by atoms with Gasteiger partial charge in [0.05, 0.1) is 0 Å². The summed E-state index contributed by atoms with van der Waals surface area (Å²) in [5.41, 5.74) is 0. The Morgan fingerprint density at radius 3 is 2.36 bits per heavy atom.